The molecule has 0 aliphatic heterocycles. The van der Waals surface area contributed by atoms with E-state index in [1.807, 2.05) is 36.4 Å². The molecule has 0 radical (unpaired) electrons. The Morgan fingerprint density at radius 3 is 2.55 bits per heavy atom. The lowest BCUT2D eigenvalue weighted by Gasteiger charge is -2.08. The summed E-state index contributed by atoms with van der Waals surface area (Å²) in [6, 6.07) is 18.2. The van der Waals surface area contributed by atoms with Gasteiger partial charge in [0.25, 0.3) is 0 Å². The van der Waals surface area contributed by atoms with Crippen LogP contribution in [0.15, 0.2) is 54.6 Å². The van der Waals surface area contributed by atoms with Gasteiger partial charge in [-0.15, -0.1) is 0 Å². The number of nitrogens with one attached hydrogen (secondary N) is 1. The Morgan fingerprint density at radius 1 is 1.05 bits per heavy atom. The van der Waals surface area contributed by atoms with Crippen molar-refractivity contribution in [1.82, 2.24) is 5.32 Å². The highest BCUT2D eigenvalue weighted by Gasteiger charge is 2.31. The third kappa shape index (κ3) is 3.61. The molecule has 0 bridgehead atoms. The number of rotatable bonds is 6. The largest absolute Gasteiger partial charge is 0.457 e. The van der Waals surface area contributed by atoms with Gasteiger partial charge >= 0.3 is 0 Å². The standard InChI is InChI=1S/C18H21NO/c1-14-10-16(14)13-19-12-15-6-5-9-18(11-15)20-17-7-3-2-4-8-17/h2-9,11,14,16,19H,10,12-13H2,1H3. The van der Waals surface area contributed by atoms with E-state index in [2.05, 4.69) is 30.4 Å². The summed E-state index contributed by atoms with van der Waals surface area (Å²) < 4.78 is 5.85. The highest BCUT2D eigenvalue weighted by Crippen LogP contribution is 2.36. The summed E-state index contributed by atoms with van der Waals surface area (Å²) in [7, 11) is 0. The van der Waals surface area contributed by atoms with Crippen LogP contribution in [0.25, 0.3) is 0 Å². The first kappa shape index (κ1) is 13.2. The van der Waals surface area contributed by atoms with E-state index in [1.54, 1.807) is 0 Å². The Labute approximate surface area is 120 Å². The third-order valence-electron chi connectivity index (χ3n) is 3.89. The predicted molar refractivity (Wildman–Crippen MR) is 81.9 cm³/mol. The van der Waals surface area contributed by atoms with Crippen molar-refractivity contribution < 1.29 is 4.74 Å². The van der Waals surface area contributed by atoms with E-state index in [9.17, 15) is 0 Å². The number of ether oxygens (including phenoxy) is 1. The fraction of sp³-hybridized carbons (Fsp3) is 0.333. The van der Waals surface area contributed by atoms with Gasteiger partial charge in [0, 0.05) is 6.54 Å². The van der Waals surface area contributed by atoms with Crippen molar-refractivity contribution in [1.29, 1.82) is 0 Å². The molecule has 1 fully saturated rings. The molecule has 2 aromatic rings. The second-order valence-corrected chi connectivity index (χ2v) is 5.67. The van der Waals surface area contributed by atoms with Crippen LogP contribution >= 0.6 is 0 Å². The van der Waals surface area contributed by atoms with Gasteiger partial charge in [0.1, 0.15) is 11.5 Å². The van der Waals surface area contributed by atoms with Gasteiger partial charge in [-0.3, -0.25) is 0 Å². The number of hydrogen-bond acceptors (Lipinski definition) is 2. The van der Waals surface area contributed by atoms with Gasteiger partial charge in [-0.05, 0) is 54.6 Å². The molecule has 2 nitrogen and oxygen atoms in total. The number of hydrogen-bond donors (Lipinski definition) is 1. The van der Waals surface area contributed by atoms with Gasteiger partial charge in [-0.2, -0.15) is 0 Å². The maximum Gasteiger partial charge on any atom is 0.127 e. The molecule has 2 aromatic carbocycles. The van der Waals surface area contributed by atoms with Crippen LogP contribution < -0.4 is 10.1 Å². The quantitative estimate of drug-likeness (QED) is 0.846. The number of para-hydroxylation sites is 1. The molecule has 3 rings (SSSR count). The Morgan fingerprint density at radius 2 is 1.80 bits per heavy atom. The minimum absolute atomic E-state index is 0.879. The molecule has 0 amide bonds. The molecular formula is C18H21NO. The Hall–Kier alpha value is -1.80. The molecule has 1 N–H and O–H groups in total. The lowest BCUT2D eigenvalue weighted by atomic mass is 10.2. The lowest BCUT2D eigenvalue weighted by molar-refractivity contribution is 0.481. The van der Waals surface area contributed by atoms with Gasteiger partial charge < -0.3 is 10.1 Å². The minimum atomic E-state index is 0.879. The van der Waals surface area contributed by atoms with Gasteiger partial charge in [-0.25, -0.2) is 0 Å². The summed E-state index contributed by atoms with van der Waals surface area (Å²) in [5, 5.41) is 3.53. The highest BCUT2D eigenvalue weighted by atomic mass is 16.5. The Kier molecular flexibility index (Phi) is 4.03. The molecule has 0 aromatic heterocycles. The van der Waals surface area contributed by atoms with E-state index in [-0.39, 0.29) is 0 Å². The summed E-state index contributed by atoms with van der Waals surface area (Å²) in [6.45, 7) is 4.36. The zero-order valence-corrected chi connectivity index (χ0v) is 11.9. The van der Waals surface area contributed by atoms with Crippen LogP contribution in [0, 0.1) is 11.8 Å². The maximum atomic E-state index is 5.85. The van der Waals surface area contributed by atoms with Crippen LogP contribution in [-0.4, -0.2) is 6.54 Å². The lowest BCUT2D eigenvalue weighted by Crippen LogP contribution is -2.16. The molecule has 0 saturated heterocycles. The van der Waals surface area contributed by atoms with Crippen LogP contribution in [0.4, 0.5) is 0 Å². The van der Waals surface area contributed by atoms with E-state index in [0.29, 0.717) is 0 Å². The summed E-state index contributed by atoms with van der Waals surface area (Å²) in [5.41, 5.74) is 1.27. The highest BCUT2D eigenvalue weighted by molar-refractivity contribution is 5.33. The second-order valence-electron chi connectivity index (χ2n) is 5.67. The monoisotopic (exact) mass is 267 g/mol. The summed E-state index contributed by atoms with van der Waals surface area (Å²) in [4.78, 5) is 0. The number of benzene rings is 2. The molecule has 1 aliphatic carbocycles. The molecule has 0 spiro atoms. The third-order valence-corrected chi connectivity index (χ3v) is 3.89. The first-order valence-corrected chi connectivity index (χ1v) is 7.34. The van der Waals surface area contributed by atoms with E-state index < -0.39 is 0 Å². The molecule has 0 heterocycles. The van der Waals surface area contributed by atoms with Crippen LogP contribution in [0.1, 0.15) is 18.9 Å². The van der Waals surface area contributed by atoms with E-state index in [1.165, 1.54) is 12.0 Å². The molecule has 104 valence electrons. The summed E-state index contributed by atoms with van der Waals surface area (Å²) in [5.74, 6) is 3.58. The molecule has 1 saturated carbocycles. The Balaban J connectivity index is 1.55. The van der Waals surface area contributed by atoms with E-state index in [0.717, 1.165) is 36.4 Å². The van der Waals surface area contributed by atoms with Crippen LogP contribution in [-0.2, 0) is 6.54 Å². The molecular weight excluding hydrogens is 246 g/mol. The van der Waals surface area contributed by atoms with E-state index in [4.69, 9.17) is 4.74 Å². The van der Waals surface area contributed by atoms with Crippen molar-refractivity contribution in [2.75, 3.05) is 6.54 Å². The fourth-order valence-corrected chi connectivity index (χ4v) is 2.43. The zero-order valence-electron chi connectivity index (χ0n) is 11.9. The van der Waals surface area contributed by atoms with Crippen LogP contribution in [0.3, 0.4) is 0 Å². The topological polar surface area (TPSA) is 21.3 Å². The van der Waals surface area contributed by atoms with Crippen molar-refractivity contribution in [3.63, 3.8) is 0 Å². The normalized spacial score (nSPS) is 20.6. The second kappa shape index (κ2) is 6.10. The van der Waals surface area contributed by atoms with Crippen molar-refractivity contribution in [3.05, 3.63) is 60.2 Å². The van der Waals surface area contributed by atoms with Crippen molar-refractivity contribution in [2.24, 2.45) is 11.8 Å². The molecule has 2 heteroatoms. The van der Waals surface area contributed by atoms with Crippen LogP contribution in [0.5, 0.6) is 11.5 Å². The first-order valence-electron chi connectivity index (χ1n) is 7.34. The average Bonchev–Trinajstić information content (AvgIpc) is 3.16. The van der Waals surface area contributed by atoms with Gasteiger partial charge in [0.05, 0.1) is 0 Å². The van der Waals surface area contributed by atoms with Gasteiger partial charge in [0.15, 0.2) is 0 Å². The average molecular weight is 267 g/mol. The van der Waals surface area contributed by atoms with Gasteiger partial charge in [-0.1, -0.05) is 37.3 Å². The molecule has 20 heavy (non-hydrogen) atoms. The molecule has 2 atom stereocenters. The molecule has 2 unspecified atom stereocenters. The SMILES string of the molecule is CC1CC1CNCc1cccc(Oc2ccccc2)c1. The van der Waals surface area contributed by atoms with Gasteiger partial charge in [0.2, 0.25) is 0 Å². The summed E-state index contributed by atoms with van der Waals surface area (Å²) in [6.07, 6.45) is 1.38. The maximum absolute atomic E-state index is 5.85. The van der Waals surface area contributed by atoms with Crippen molar-refractivity contribution in [2.45, 2.75) is 19.9 Å². The Bertz CT molecular complexity index is 552. The smallest absolute Gasteiger partial charge is 0.127 e. The predicted octanol–water partition coefficient (Wildman–Crippen LogP) is 4.22. The van der Waals surface area contributed by atoms with Crippen molar-refractivity contribution in [3.8, 4) is 11.5 Å². The summed E-state index contributed by atoms with van der Waals surface area (Å²) >= 11 is 0. The first-order chi connectivity index (χ1) is 9.81. The fourth-order valence-electron chi connectivity index (χ4n) is 2.43. The molecule has 1 aliphatic rings. The zero-order chi connectivity index (χ0) is 13.8. The van der Waals surface area contributed by atoms with Crippen LogP contribution in [0.2, 0.25) is 0 Å². The van der Waals surface area contributed by atoms with E-state index >= 15 is 0 Å². The minimum Gasteiger partial charge on any atom is -0.457 e. The van der Waals surface area contributed by atoms with Crippen molar-refractivity contribution >= 4 is 0 Å².